The predicted molar refractivity (Wildman–Crippen MR) is 86.7 cm³/mol. The molecule has 3 atom stereocenters. The van der Waals surface area contributed by atoms with Gasteiger partial charge >= 0.3 is 5.97 Å². The number of hydrogen-bond donors (Lipinski definition) is 0. The fourth-order valence-electron chi connectivity index (χ4n) is 2.21. The monoisotopic (exact) mass is 284 g/mol. The summed E-state index contributed by atoms with van der Waals surface area (Å²) >= 11 is 0. The van der Waals surface area contributed by atoms with E-state index in [1.807, 2.05) is 24.3 Å². The van der Waals surface area contributed by atoms with Gasteiger partial charge in [0.15, 0.2) is 0 Å². The summed E-state index contributed by atoms with van der Waals surface area (Å²) < 4.78 is 5.12. The van der Waals surface area contributed by atoms with E-state index in [-0.39, 0.29) is 12.1 Å². The second kappa shape index (κ2) is 8.46. The van der Waals surface area contributed by atoms with Crippen molar-refractivity contribution in [2.75, 3.05) is 0 Å². The average Bonchev–Trinajstić information content (AvgIpc) is 3.17. The van der Waals surface area contributed by atoms with Gasteiger partial charge in [-0.25, -0.2) is 4.79 Å². The molecule has 0 aromatic heterocycles. The molecule has 2 nitrogen and oxygen atoms in total. The predicted octanol–water partition coefficient (Wildman–Crippen LogP) is 4.52. The Hall–Kier alpha value is -1.83. The van der Waals surface area contributed by atoms with Crippen LogP contribution in [0, 0.1) is 11.8 Å². The lowest BCUT2D eigenvalue weighted by Crippen LogP contribution is -2.17. The maximum atomic E-state index is 11.0. The van der Waals surface area contributed by atoms with Crippen molar-refractivity contribution in [3.63, 3.8) is 0 Å². The summed E-state index contributed by atoms with van der Waals surface area (Å²) in [5.74, 6) is 1.46. The van der Waals surface area contributed by atoms with Gasteiger partial charge in [0.25, 0.3) is 0 Å². The van der Waals surface area contributed by atoms with E-state index in [2.05, 4.69) is 37.3 Å². The molecule has 1 saturated carbocycles. The first-order valence-electron chi connectivity index (χ1n) is 7.79. The Morgan fingerprint density at radius 1 is 1.14 bits per heavy atom. The van der Waals surface area contributed by atoms with E-state index >= 15 is 0 Å². The molecule has 0 unspecified atom stereocenters. The SMILES string of the molecule is C[C@H]1C[C@@H]1C=CC=CCCC=CC=C[C@@H]1CC=CC(=O)O1. The molecule has 0 saturated heterocycles. The van der Waals surface area contributed by atoms with Crippen molar-refractivity contribution in [1.29, 1.82) is 0 Å². The van der Waals surface area contributed by atoms with Crippen molar-refractivity contribution in [2.24, 2.45) is 11.8 Å². The third kappa shape index (κ3) is 6.44. The molecule has 2 heteroatoms. The second-order valence-corrected chi connectivity index (χ2v) is 5.69. The molecule has 0 radical (unpaired) electrons. The molecule has 0 bridgehead atoms. The Bertz CT molecular complexity index is 480. The lowest BCUT2D eigenvalue weighted by Gasteiger charge is -2.13. The van der Waals surface area contributed by atoms with Gasteiger partial charge in [-0.05, 0) is 37.2 Å². The van der Waals surface area contributed by atoms with Gasteiger partial charge in [0, 0.05) is 12.5 Å². The number of ether oxygens (including phenoxy) is 1. The van der Waals surface area contributed by atoms with Crippen LogP contribution in [0.3, 0.4) is 0 Å². The fourth-order valence-corrected chi connectivity index (χ4v) is 2.21. The summed E-state index contributed by atoms with van der Waals surface area (Å²) in [6.45, 7) is 2.29. The van der Waals surface area contributed by atoms with Gasteiger partial charge in [-0.15, -0.1) is 0 Å². The highest BCUT2D eigenvalue weighted by molar-refractivity contribution is 5.82. The van der Waals surface area contributed by atoms with Crippen molar-refractivity contribution in [1.82, 2.24) is 0 Å². The molecule has 21 heavy (non-hydrogen) atoms. The number of hydrogen-bond acceptors (Lipinski definition) is 2. The number of unbranched alkanes of at least 4 members (excludes halogenated alkanes) is 1. The Morgan fingerprint density at radius 3 is 2.43 bits per heavy atom. The van der Waals surface area contributed by atoms with Crippen LogP contribution in [0.15, 0.2) is 60.8 Å². The highest BCUT2D eigenvalue weighted by Crippen LogP contribution is 2.38. The number of carbonyl (C=O) groups is 1. The maximum Gasteiger partial charge on any atom is 0.331 e. The van der Waals surface area contributed by atoms with E-state index < -0.39 is 0 Å². The number of carbonyl (C=O) groups excluding carboxylic acids is 1. The third-order valence-corrected chi connectivity index (χ3v) is 3.74. The van der Waals surface area contributed by atoms with Crippen LogP contribution < -0.4 is 0 Å². The summed E-state index contributed by atoms with van der Waals surface area (Å²) in [7, 11) is 0. The standard InChI is InChI=1S/C19H24O2/c1-16-15-17(16)11-8-6-4-2-3-5-7-9-12-18-13-10-14-19(20)21-18/h4-12,14,16-18H,2-3,13,15H2,1H3/t16-,17-,18+/m0/s1. The van der Waals surface area contributed by atoms with Crippen LogP contribution in [0.5, 0.6) is 0 Å². The van der Waals surface area contributed by atoms with E-state index in [0.717, 1.165) is 31.1 Å². The van der Waals surface area contributed by atoms with Gasteiger partial charge in [0.1, 0.15) is 6.10 Å². The Balaban J connectivity index is 1.53. The average molecular weight is 284 g/mol. The molecule has 1 heterocycles. The molecular weight excluding hydrogens is 260 g/mol. The van der Waals surface area contributed by atoms with Crippen LogP contribution in [0.2, 0.25) is 0 Å². The van der Waals surface area contributed by atoms with Crippen molar-refractivity contribution in [3.8, 4) is 0 Å². The molecule has 0 amide bonds. The van der Waals surface area contributed by atoms with Crippen LogP contribution in [0.1, 0.15) is 32.6 Å². The Morgan fingerprint density at radius 2 is 1.81 bits per heavy atom. The molecule has 1 fully saturated rings. The third-order valence-electron chi connectivity index (χ3n) is 3.74. The van der Waals surface area contributed by atoms with Gasteiger partial charge in [0.2, 0.25) is 0 Å². The summed E-state index contributed by atoms with van der Waals surface area (Å²) in [4.78, 5) is 11.0. The van der Waals surface area contributed by atoms with E-state index in [1.165, 1.54) is 12.5 Å². The van der Waals surface area contributed by atoms with E-state index in [0.29, 0.717) is 0 Å². The molecule has 2 rings (SSSR count). The van der Waals surface area contributed by atoms with Gasteiger partial charge in [-0.2, -0.15) is 0 Å². The van der Waals surface area contributed by atoms with Gasteiger partial charge in [-0.1, -0.05) is 55.5 Å². The summed E-state index contributed by atoms with van der Waals surface area (Å²) in [5, 5.41) is 0. The smallest absolute Gasteiger partial charge is 0.331 e. The largest absolute Gasteiger partial charge is 0.455 e. The van der Waals surface area contributed by atoms with Crippen molar-refractivity contribution in [3.05, 3.63) is 60.8 Å². The number of cyclic esters (lactones) is 1. The van der Waals surface area contributed by atoms with Gasteiger partial charge < -0.3 is 4.74 Å². The van der Waals surface area contributed by atoms with Crippen molar-refractivity contribution >= 4 is 5.97 Å². The van der Waals surface area contributed by atoms with E-state index in [4.69, 9.17) is 4.74 Å². The van der Waals surface area contributed by atoms with Crippen LogP contribution >= 0.6 is 0 Å². The lowest BCUT2D eigenvalue weighted by molar-refractivity contribution is -0.141. The van der Waals surface area contributed by atoms with E-state index in [9.17, 15) is 4.79 Å². The van der Waals surface area contributed by atoms with Crippen molar-refractivity contribution in [2.45, 2.75) is 38.7 Å². The Kier molecular flexibility index (Phi) is 6.26. The summed E-state index contributed by atoms with van der Waals surface area (Å²) in [5.41, 5.74) is 0. The highest BCUT2D eigenvalue weighted by atomic mass is 16.5. The molecule has 1 aliphatic heterocycles. The van der Waals surface area contributed by atoms with Crippen LogP contribution in [-0.4, -0.2) is 12.1 Å². The Labute approximate surface area is 127 Å². The first-order valence-corrected chi connectivity index (χ1v) is 7.79. The van der Waals surface area contributed by atoms with Crippen LogP contribution in [0.4, 0.5) is 0 Å². The molecule has 0 spiro atoms. The molecule has 112 valence electrons. The molecule has 0 N–H and O–H groups in total. The normalized spacial score (nSPS) is 29.2. The van der Waals surface area contributed by atoms with Crippen LogP contribution in [-0.2, 0) is 9.53 Å². The molecule has 0 aromatic rings. The lowest BCUT2D eigenvalue weighted by atomic mass is 10.2. The van der Waals surface area contributed by atoms with Gasteiger partial charge in [0.05, 0.1) is 0 Å². The summed E-state index contributed by atoms with van der Waals surface area (Å²) in [6, 6.07) is 0. The quantitative estimate of drug-likeness (QED) is 0.390. The zero-order valence-corrected chi connectivity index (χ0v) is 12.7. The zero-order valence-electron chi connectivity index (χ0n) is 12.7. The number of esters is 1. The van der Waals surface area contributed by atoms with Crippen LogP contribution in [0.25, 0.3) is 0 Å². The minimum atomic E-state index is -0.251. The fraction of sp³-hybridized carbons (Fsp3) is 0.421. The molecular formula is C19H24O2. The minimum absolute atomic E-state index is 0.109. The molecule has 0 aromatic carbocycles. The highest BCUT2D eigenvalue weighted by Gasteiger charge is 2.29. The first-order chi connectivity index (χ1) is 10.3. The maximum absolute atomic E-state index is 11.0. The minimum Gasteiger partial charge on any atom is -0.455 e. The number of rotatable bonds is 7. The van der Waals surface area contributed by atoms with Crippen molar-refractivity contribution < 1.29 is 9.53 Å². The molecule has 1 aliphatic carbocycles. The molecule has 2 aliphatic rings. The van der Waals surface area contributed by atoms with E-state index in [1.54, 1.807) is 0 Å². The van der Waals surface area contributed by atoms with Gasteiger partial charge in [-0.3, -0.25) is 0 Å². The zero-order chi connectivity index (χ0) is 14.9. The topological polar surface area (TPSA) is 26.3 Å². The second-order valence-electron chi connectivity index (χ2n) is 5.69. The first kappa shape index (κ1) is 15.6. The summed E-state index contributed by atoms with van der Waals surface area (Å²) in [6.07, 6.45) is 24.3. The number of allylic oxidation sites excluding steroid dienone is 7.